The molecule has 64 valence electrons. The number of rotatable bonds is 3. The predicted octanol–water partition coefficient (Wildman–Crippen LogP) is 1.58. The van der Waals surface area contributed by atoms with Crippen LogP contribution in [0, 0.1) is 0 Å². The quantitative estimate of drug-likeness (QED) is 0.582. The van der Waals surface area contributed by atoms with Gasteiger partial charge in [-0.3, -0.25) is 5.01 Å². The monoisotopic (exact) mass is 159 g/mol. The molecule has 1 rings (SSSR count). The smallest absolute Gasteiger partial charge is 0.146 e. The van der Waals surface area contributed by atoms with Gasteiger partial charge in [0, 0.05) is 6.54 Å². The lowest BCUT2D eigenvalue weighted by Gasteiger charge is -2.20. The van der Waals surface area contributed by atoms with Crippen molar-refractivity contribution in [3.05, 3.63) is 0 Å². The molecule has 0 saturated carbocycles. The Balaban J connectivity index is 2.31. The van der Waals surface area contributed by atoms with Crippen LogP contribution in [0.25, 0.3) is 0 Å². The lowest BCUT2D eigenvalue weighted by atomic mass is 10.3. The van der Waals surface area contributed by atoms with E-state index >= 15 is 0 Å². The summed E-state index contributed by atoms with van der Waals surface area (Å²) in [6.45, 7) is 4.74. The Kier molecular flexibility index (Phi) is 2.68. The van der Waals surface area contributed by atoms with Gasteiger partial charge in [0.05, 0.1) is 0 Å². The van der Waals surface area contributed by atoms with Crippen LogP contribution in [0.2, 0.25) is 0 Å². The maximum Gasteiger partial charge on any atom is 0.146 e. The first-order valence-corrected chi connectivity index (χ1v) is 4.00. The molecular weight excluding hydrogens is 145 g/mol. The molecule has 0 N–H and O–H groups in total. The lowest BCUT2D eigenvalue weighted by molar-refractivity contribution is 0.0158. The summed E-state index contributed by atoms with van der Waals surface area (Å²) >= 11 is 0. The molecule has 4 heteroatoms. The Morgan fingerprint density at radius 1 is 1.64 bits per heavy atom. The Hall–Kier alpha value is -0.800. The van der Waals surface area contributed by atoms with E-state index in [0.717, 1.165) is 19.4 Å². The summed E-state index contributed by atoms with van der Waals surface area (Å²) in [7, 11) is 0. The van der Waals surface area contributed by atoms with Crippen molar-refractivity contribution in [3.63, 3.8) is 0 Å². The second kappa shape index (κ2) is 3.55. The van der Waals surface area contributed by atoms with Gasteiger partial charge in [-0.1, -0.05) is 17.8 Å². The first kappa shape index (κ1) is 8.30. The van der Waals surface area contributed by atoms with Crippen molar-refractivity contribution in [3.8, 4) is 0 Å². The van der Waals surface area contributed by atoms with Crippen molar-refractivity contribution < 1.29 is 4.48 Å². The second-order valence-electron chi connectivity index (χ2n) is 2.72. The van der Waals surface area contributed by atoms with E-state index in [2.05, 4.69) is 12.0 Å². The molecule has 0 aliphatic carbocycles. The minimum Gasteiger partial charge on any atom is -0.271 e. The van der Waals surface area contributed by atoms with Gasteiger partial charge < -0.3 is 0 Å². The molecule has 0 spiro atoms. The standard InChI is InChI=1S/C7H14FN3/c1-3-4-5-11-7(2)10(8)6-9-11/h6-7H,3-5H2,1-2H3. The largest absolute Gasteiger partial charge is 0.271 e. The van der Waals surface area contributed by atoms with Crippen LogP contribution in [0.15, 0.2) is 5.10 Å². The van der Waals surface area contributed by atoms with Gasteiger partial charge in [0.15, 0.2) is 0 Å². The lowest BCUT2D eigenvalue weighted by Crippen LogP contribution is -2.32. The fourth-order valence-corrected chi connectivity index (χ4v) is 1.00. The van der Waals surface area contributed by atoms with Gasteiger partial charge in [-0.15, -0.1) is 0 Å². The number of hydrazone groups is 1. The maximum absolute atomic E-state index is 12.6. The van der Waals surface area contributed by atoms with E-state index in [-0.39, 0.29) is 6.17 Å². The van der Waals surface area contributed by atoms with Crippen LogP contribution in [0.5, 0.6) is 0 Å². The van der Waals surface area contributed by atoms with E-state index in [9.17, 15) is 4.48 Å². The molecule has 1 aliphatic rings. The highest BCUT2D eigenvalue weighted by Crippen LogP contribution is 2.12. The Morgan fingerprint density at radius 2 is 2.36 bits per heavy atom. The molecule has 11 heavy (non-hydrogen) atoms. The van der Waals surface area contributed by atoms with E-state index in [1.54, 1.807) is 11.9 Å². The number of halogens is 1. The molecule has 1 heterocycles. The zero-order valence-electron chi connectivity index (χ0n) is 7.00. The highest BCUT2D eigenvalue weighted by molar-refractivity contribution is 5.55. The van der Waals surface area contributed by atoms with E-state index in [1.165, 1.54) is 6.34 Å². The molecule has 3 nitrogen and oxygen atoms in total. The van der Waals surface area contributed by atoms with Crippen molar-refractivity contribution in [1.29, 1.82) is 0 Å². The van der Waals surface area contributed by atoms with Crippen LogP contribution < -0.4 is 0 Å². The van der Waals surface area contributed by atoms with Crippen LogP contribution in [0.1, 0.15) is 26.7 Å². The van der Waals surface area contributed by atoms with Gasteiger partial charge in [-0.2, -0.15) is 10.2 Å². The zero-order valence-corrected chi connectivity index (χ0v) is 7.00. The van der Waals surface area contributed by atoms with Crippen molar-refractivity contribution in [2.45, 2.75) is 32.9 Å². The summed E-state index contributed by atoms with van der Waals surface area (Å²) in [6, 6.07) is 0. The first-order valence-electron chi connectivity index (χ1n) is 4.00. The summed E-state index contributed by atoms with van der Waals surface area (Å²) in [4.78, 5) is 0. The molecule has 0 fully saturated rings. The second-order valence-corrected chi connectivity index (χ2v) is 2.72. The van der Waals surface area contributed by atoms with E-state index in [1.807, 2.05) is 0 Å². The van der Waals surface area contributed by atoms with Crippen LogP contribution in [0.4, 0.5) is 4.48 Å². The summed E-state index contributed by atoms with van der Waals surface area (Å²) in [5.74, 6) is 0. The zero-order chi connectivity index (χ0) is 8.27. The summed E-state index contributed by atoms with van der Waals surface area (Å²) in [5.41, 5.74) is 0. The first-order chi connectivity index (χ1) is 5.25. The molecule has 0 radical (unpaired) electrons. The summed E-state index contributed by atoms with van der Waals surface area (Å²) in [5, 5.41) is 6.27. The van der Waals surface area contributed by atoms with Gasteiger partial charge in [-0.05, 0) is 13.3 Å². The van der Waals surface area contributed by atoms with Crippen LogP contribution >= 0.6 is 0 Å². The molecule has 1 unspecified atom stereocenters. The molecule has 0 aromatic carbocycles. The minimum atomic E-state index is -0.221. The molecule has 0 aromatic heterocycles. The number of unbranched alkanes of at least 4 members (excludes halogenated alkanes) is 1. The molecule has 1 atom stereocenters. The fourth-order valence-electron chi connectivity index (χ4n) is 1.00. The summed E-state index contributed by atoms with van der Waals surface area (Å²) in [6.07, 6.45) is 3.18. The third-order valence-corrected chi connectivity index (χ3v) is 1.84. The normalized spacial score (nSPS) is 23.4. The molecule has 0 amide bonds. The highest BCUT2D eigenvalue weighted by Gasteiger charge is 2.22. The fraction of sp³-hybridized carbons (Fsp3) is 0.857. The van der Waals surface area contributed by atoms with Crippen molar-refractivity contribution in [2.75, 3.05) is 6.54 Å². The van der Waals surface area contributed by atoms with Crippen LogP contribution in [0.3, 0.4) is 0 Å². The number of hydrogen-bond acceptors (Lipinski definition) is 3. The molecule has 0 aromatic rings. The van der Waals surface area contributed by atoms with Gasteiger partial charge >= 0.3 is 0 Å². The van der Waals surface area contributed by atoms with Crippen LogP contribution in [-0.4, -0.2) is 29.2 Å². The van der Waals surface area contributed by atoms with E-state index in [4.69, 9.17) is 0 Å². The Morgan fingerprint density at radius 3 is 2.82 bits per heavy atom. The molecule has 0 saturated heterocycles. The molecular formula is C7H14FN3. The SMILES string of the molecule is CCCCN1N=CN(F)C1C. The van der Waals surface area contributed by atoms with Crippen molar-refractivity contribution in [1.82, 2.24) is 10.1 Å². The molecule has 0 bridgehead atoms. The van der Waals surface area contributed by atoms with E-state index < -0.39 is 0 Å². The van der Waals surface area contributed by atoms with Crippen molar-refractivity contribution >= 4 is 6.34 Å². The average molecular weight is 159 g/mol. The van der Waals surface area contributed by atoms with Gasteiger partial charge in [0.1, 0.15) is 12.5 Å². The summed E-state index contributed by atoms with van der Waals surface area (Å²) < 4.78 is 12.6. The average Bonchev–Trinajstić information content (AvgIpc) is 2.31. The topological polar surface area (TPSA) is 18.8 Å². The maximum atomic E-state index is 12.6. The van der Waals surface area contributed by atoms with Gasteiger partial charge in [0.25, 0.3) is 0 Å². The minimum absolute atomic E-state index is 0.221. The third kappa shape index (κ3) is 1.82. The number of nitrogens with zero attached hydrogens (tertiary/aromatic N) is 3. The predicted molar refractivity (Wildman–Crippen MR) is 42.5 cm³/mol. The van der Waals surface area contributed by atoms with Gasteiger partial charge in [0.2, 0.25) is 0 Å². The van der Waals surface area contributed by atoms with Crippen molar-refractivity contribution in [2.24, 2.45) is 5.10 Å². The highest BCUT2D eigenvalue weighted by atomic mass is 19.2. The molecule has 1 aliphatic heterocycles. The van der Waals surface area contributed by atoms with Crippen LogP contribution in [-0.2, 0) is 0 Å². The Labute approximate surface area is 66.4 Å². The van der Waals surface area contributed by atoms with E-state index in [0.29, 0.717) is 5.12 Å². The third-order valence-electron chi connectivity index (χ3n) is 1.84. The van der Waals surface area contributed by atoms with Gasteiger partial charge in [-0.25, -0.2) is 0 Å². The number of hydrogen-bond donors (Lipinski definition) is 0. The Bertz CT molecular complexity index is 149.